The number of hydrogen-bond acceptors (Lipinski definition) is 2. The molecule has 0 saturated carbocycles. The third-order valence-corrected chi connectivity index (χ3v) is 3.83. The molecule has 0 spiro atoms. The van der Waals surface area contributed by atoms with Crippen molar-refractivity contribution in [1.82, 2.24) is 0 Å². The maximum atomic E-state index is 5.74. The summed E-state index contributed by atoms with van der Waals surface area (Å²) in [5, 5.41) is 0. The van der Waals surface area contributed by atoms with Crippen LogP contribution in [-0.4, -0.2) is 7.11 Å². The fraction of sp³-hybridized carbons (Fsp3) is 0.375. The highest BCUT2D eigenvalue weighted by Crippen LogP contribution is 2.42. The first-order chi connectivity index (χ1) is 8.90. The highest BCUT2D eigenvalue weighted by molar-refractivity contribution is 5.29. The molecule has 0 N–H and O–H groups in total. The first kappa shape index (κ1) is 11.5. The van der Waals surface area contributed by atoms with Gasteiger partial charge in [0.25, 0.3) is 0 Å². The lowest BCUT2D eigenvalue weighted by Crippen LogP contribution is -2.17. The minimum atomic E-state index is 0.0939. The summed E-state index contributed by atoms with van der Waals surface area (Å²) in [5.41, 5.74) is 2.58. The molecule has 0 fully saturated rings. The van der Waals surface area contributed by atoms with Crippen molar-refractivity contribution in [2.24, 2.45) is 0 Å². The Hall–Kier alpha value is -1.54. The monoisotopic (exact) mass is 242 g/mol. The largest absolute Gasteiger partial charge is 0.469 e. The molecule has 0 bridgehead atoms. The molecular weight excluding hydrogens is 224 g/mol. The summed E-state index contributed by atoms with van der Waals surface area (Å²) in [7, 11) is 1.79. The molecule has 2 aromatic rings. The zero-order valence-electron chi connectivity index (χ0n) is 10.6. The Bertz CT molecular complexity index is 501. The molecule has 94 valence electrons. The third-order valence-electron chi connectivity index (χ3n) is 3.83. The van der Waals surface area contributed by atoms with Gasteiger partial charge in [0, 0.05) is 13.0 Å². The van der Waals surface area contributed by atoms with E-state index in [0.717, 1.165) is 18.6 Å². The van der Waals surface area contributed by atoms with Gasteiger partial charge >= 0.3 is 0 Å². The van der Waals surface area contributed by atoms with Gasteiger partial charge in [0.05, 0.1) is 12.4 Å². The molecule has 18 heavy (non-hydrogen) atoms. The van der Waals surface area contributed by atoms with E-state index in [4.69, 9.17) is 9.15 Å². The Morgan fingerprint density at radius 3 is 2.83 bits per heavy atom. The summed E-state index contributed by atoms with van der Waals surface area (Å²) in [6.07, 6.45) is 5.38. The third kappa shape index (κ3) is 1.97. The van der Waals surface area contributed by atoms with Crippen LogP contribution < -0.4 is 0 Å². The molecule has 0 radical (unpaired) electrons. The Morgan fingerprint density at radius 1 is 1.22 bits per heavy atom. The number of ether oxygens (including phenoxy) is 1. The molecule has 2 unspecified atom stereocenters. The zero-order valence-corrected chi connectivity index (χ0v) is 10.6. The number of methoxy groups -OCH3 is 1. The molecule has 3 rings (SSSR count). The van der Waals surface area contributed by atoms with E-state index < -0.39 is 0 Å². The van der Waals surface area contributed by atoms with E-state index in [1.807, 2.05) is 6.07 Å². The molecule has 0 saturated heterocycles. The van der Waals surface area contributed by atoms with Crippen molar-refractivity contribution in [3.8, 4) is 0 Å². The fourth-order valence-electron chi connectivity index (χ4n) is 2.99. The van der Waals surface area contributed by atoms with Gasteiger partial charge in [-0.2, -0.15) is 0 Å². The smallest absolute Gasteiger partial charge is 0.112 e. The first-order valence-corrected chi connectivity index (χ1v) is 6.54. The topological polar surface area (TPSA) is 22.4 Å². The van der Waals surface area contributed by atoms with E-state index in [-0.39, 0.29) is 6.10 Å². The van der Waals surface area contributed by atoms with Crippen LogP contribution in [0.3, 0.4) is 0 Å². The van der Waals surface area contributed by atoms with Crippen molar-refractivity contribution >= 4 is 0 Å². The van der Waals surface area contributed by atoms with Gasteiger partial charge in [-0.1, -0.05) is 30.3 Å². The SMILES string of the molecule is COC(c1ccccc1)C1CCCc2ccoc21. The van der Waals surface area contributed by atoms with Crippen LogP contribution in [0.15, 0.2) is 47.1 Å². The lowest BCUT2D eigenvalue weighted by atomic mass is 9.82. The van der Waals surface area contributed by atoms with Crippen LogP contribution in [0.2, 0.25) is 0 Å². The molecule has 1 aliphatic rings. The summed E-state index contributed by atoms with van der Waals surface area (Å²) in [5.74, 6) is 1.47. The first-order valence-electron chi connectivity index (χ1n) is 6.54. The molecule has 1 aromatic carbocycles. The second kappa shape index (κ2) is 4.99. The number of aryl methyl sites for hydroxylation is 1. The van der Waals surface area contributed by atoms with E-state index in [0.29, 0.717) is 5.92 Å². The van der Waals surface area contributed by atoms with Gasteiger partial charge in [-0.25, -0.2) is 0 Å². The van der Waals surface area contributed by atoms with E-state index in [1.54, 1.807) is 13.4 Å². The van der Waals surface area contributed by atoms with E-state index in [1.165, 1.54) is 17.5 Å². The second-order valence-corrected chi connectivity index (χ2v) is 4.88. The summed E-state index contributed by atoms with van der Waals surface area (Å²) < 4.78 is 11.4. The van der Waals surface area contributed by atoms with Crippen molar-refractivity contribution in [3.63, 3.8) is 0 Å². The van der Waals surface area contributed by atoms with Gasteiger partial charge in [-0.15, -0.1) is 0 Å². The molecule has 1 aromatic heterocycles. The summed E-state index contributed by atoms with van der Waals surface area (Å²) in [6.45, 7) is 0. The van der Waals surface area contributed by atoms with E-state index >= 15 is 0 Å². The van der Waals surface area contributed by atoms with Gasteiger partial charge in [-0.05, 0) is 36.5 Å². The Morgan fingerprint density at radius 2 is 2.06 bits per heavy atom. The molecule has 2 heteroatoms. The van der Waals surface area contributed by atoms with Gasteiger partial charge in [-0.3, -0.25) is 0 Å². The lowest BCUT2D eigenvalue weighted by molar-refractivity contribution is 0.0655. The van der Waals surface area contributed by atoms with Crippen LogP contribution >= 0.6 is 0 Å². The molecular formula is C16H18O2. The Balaban J connectivity index is 1.95. The summed E-state index contributed by atoms with van der Waals surface area (Å²) in [6, 6.07) is 12.5. The van der Waals surface area contributed by atoms with E-state index in [2.05, 4.69) is 30.3 Å². The van der Waals surface area contributed by atoms with Crippen LogP contribution in [0.5, 0.6) is 0 Å². The summed E-state index contributed by atoms with van der Waals surface area (Å²) in [4.78, 5) is 0. The average Bonchev–Trinajstić information content (AvgIpc) is 2.90. The minimum Gasteiger partial charge on any atom is -0.469 e. The zero-order chi connectivity index (χ0) is 12.4. The normalized spacial score (nSPS) is 20.4. The number of furan rings is 1. The summed E-state index contributed by atoms with van der Waals surface area (Å²) >= 11 is 0. The molecule has 0 aliphatic heterocycles. The highest BCUT2D eigenvalue weighted by Gasteiger charge is 2.31. The Kier molecular flexibility index (Phi) is 3.20. The van der Waals surface area contributed by atoms with Crippen LogP contribution in [0, 0.1) is 0 Å². The number of hydrogen-bond donors (Lipinski definition) is 0. The standard InChI is InChI=1S/C16H18O2/c1-17-15(12-6-3-2-4-7-12)14-9-5-8-13-10-11-18-16(13)14/h2-4,6-7,10-11,14-15H,5,8-9H2,1H3. The second-order valence-electron chi connectivity index (χ2n) is 4.88. The van der Waals surface area contributed by atoms with Crippen LogP contribution in [0.25, 0.3) is 0 Å². The van der Waals surface area contributed by atoms with Crippen LogP contribution in [0.4, 0.5) is 0 Å². The molecule has 0 amide bonds. The van der Waals surface area contributed by atoms with Crippen LogP contribution in [-0.2, 0) is 11.2 Å². The molecule has 2 nitrogen and oxygen atoms in total. The van der Waals surface area contributed by atoms with Gasteiger partial charge < -0.3 is 9.15 Å². The van der Waals surface area contributed by atoms with Crippen molar-refractivity contribution < 1.29 is 9.15 Å². The van der Waals surface area contributed by atoms with E-state index in [9.17, 15) is 0 Å². The minimum absolute atomic E-state index is 0.0939. The number of fused-ring (bicyclic) bond motifs is 1. The van der Waals surface area contributed by atoms with Gasteiger partial charge in [0.1, 0.15) is 5.76 Å². The molecule has 2 atom stereocenters. The van der Waals surface area contributed by atoms with Crippen molar-refractivity contribution in [2.45, 2.75) is 31.3 Å². The number of rotatable bonds is 3. The number of benzene rings is 1. The quantitative estimate of drug-likeness (QED) is 0.809. The average molecular weight is 242 g/mol. The maximum absolute atomic E-state index is 5.74. The molecule has 1 aliphatic carbocycles. The van der Waals surface area contributed by atoms with Crippen molar-refractivity contribution in [1.29, 1.82) is 0 Å². The van der Waals surface area contributed by atoms with Crippen LogP contribution in [0.1, 0.15) is 41.8 Å². The van der Waals surface area contributed by atoms with Gasteiger partial charge in [0.15, 0.2) is 0 Å². The van der Waals surface area contributed by atoms with Crippen molar-refractivity contribution in [2.75, 3.05) is 7.11 Å². The fourth-order valence-corrected chi connectivity index (χ4v) is 2.99. The lowest BCUT2D eigenvalue weighted by Gasteiger charge is -2.28. The predicted molar refractivity (Wildman–Crippen MR) is 70.6 cm³/mol. The Labute approximate surface area is 108 Å². The molecule has 1 heterocycles. The maximum Gasteiger partial charge on any atom is 0.112 e. The highest BCUT2D eigenvalue weighted by atomic mass is 16.5. The van der Waals surface area contributed by atoms with Gasteiger partial charge in [0.2, 0.25) is 0 Å². The predicted octanol–water partition coefficient (Wildman–Crippen LogP) is 4.09. The van der Waals surface area contributed by atoms with Crippen molar-refractivity contribution in [3.05, 3.63) is 59.5 Å².